The van der Waals surface area contributed by atoms with Gasteiger partial charge in [-0.2, -0.15) is 0 Å². The summed E-state index contributed by atoms with van der Waals surface area (Å²) in [6.07, 6.45) is -0.740. The normalized spacial score (nSPS) is 26.7. The van der Waals surface area contributed by atoms with Crippen molar-refractivity contribution in [1.82, 2.24) is 15.6 Å². The molecule has 3 rings (SSSR count). The van der Waals surface area contributed by atoms with Crippen LogP contribution in [0.1, 0.15) is 56.6 Å². The van der Waals surface area contributed by atoms with Gasteiger partial charge in [-0.3, -0.25) is 19.2 Å². The van der Waals surface area contributed by atoms with E-state index >= 15 is 0 Å². The van der Waals surface area contributed by atoms with Crippen molar-refractivity contribution in [3.05, 3.63) is 59.9 Å². The van der Waals surface area contributed by atoms with Crippen molar-refractivity contribution >= 4 is 23.6 Å². The lowest BCUT2D eigenvalue weighted by atomic mass is 9.88. The molecule has 0 radical (unpaired) electrons. The Kier molecular flexibility index (Phi) is 10.2. The largest absolute Gasteiger partial charge is 0.505 e. The van der Waals surface area contributed by atoms with Crippen molar-refractivity contribution in [2.75, 3.05) is 0 Å². The summed E-state index contributed by atoms with van der Waals surface area (Å²) < 4.78 is 5.61. The highest BCUT2D eigenvalue weighted by Gasteiger charge is 2.39. The molecule has 39 heavy (non-hydrogen) atoms. The van der Waals surface area contributed by atoms with E-state index in [1.807, 2.05) is 44.2 Å². The van der Waals surface area contributed by atoms with E-state index in [-0.39, 0.29) is 42.4 Å². The number of carbonyl (C=O) groups excluding carboxylic acids is 4. The van der Waals surface area contributed by atoms with Gasteiger partial charge in [-0.15, -0.1) is 0 Å². The molecule has 1 fully saturated rings. The van der Waals surface area contributed by atoms with Crippen LogP contribution in [0.15, 0.2) is 48.7 Å². The minimum absolute atomic E-state index is 0.0342. The van der Waals surface area contributed by atoms with E-state index in [2.05, 4.69) is 15.6 Å². The van der Waals surface area contributed by atoms with Crippen LogP contribution in [0.5, 0.6) is 5.75 Å². The molecule has 6 atom stereocenters. The molecule has 1 aromatic heterocycles. The van der Waals surface area contributed by atoms with Crippen molar-refractivity contribution in [1.29, 1.82) is 0 Å². The predicted molar refractivity (Wildman–Crippen MR) is 143 cm³/mol. The Hall–Kier alpha value is -3.79. The zero-order valence-corrected chi connectivity index (χ0v) is 22.7. The number of hydrogen-bond acceptors (Lipinski definition) is 8. The van der Waals surface area contributed by atoms with Gasteiger partial charge in [0.25, 0.3) is 5.91 Å². The van der Waals surface area contributed by atoms with E-state index in [1.54, 1.807) is 6.92 Å². The number of aromatic nitrogens is 1. The average molecular weight is 540 g/mol. The third-order valence-electron chi connectivity index (χ3n) is 6.89. The topological polar surface area (TPSA) is 155 Å². The molecule has 2 heterocycles. The Morgan fingerprint density at radius 1 is 1.13 bits per heavy atom. The number of benzene rings is 1. The van der Waals surface area contributed by atoms with Gasteiger partial charge in [0.1, 0.15) is 11.8 Å². The van der Waals surface area contributed by atoms with Crippen LogP contribution >= 0.6 is 0 Å². The molecule has 2 aromatic rings. The Balaban J connectivity index is 1.99. The lowest BCUT2D eigenvalue weighted by Crippen LogP contribution is -2.57. The Morgan fingerprint density at radius 3 is 2.46 bits per heavy atom. The maximum absolute atomic E-state index is 13.6. The van der Waals surface area contributed by atoms with E-state index in [4.69, 9.17) is 4.74 Å². The summed E-state index contributed by atoms with van der Waals surface area (Å²) in [5.74, 6) is -4.63. The van der Waals surface area contributed by atoms with Crippen molar-refractivity contribution in [2.45, 2.75) is 71.2 Å². The second-order valence-corrected chi connectivity index (χ2v) is 10.6. The Labute approximate surface area is 228 Å². The maximum atomic E-state index is 13.6. The molecule has 4 N–H and O–H groups in total. The minimum atomic E-state index is -1.35. The lowest BCUT2D eigenvalue weighted by Gasteiger charge is -2.33. The highest BCUT2D eigenvalue weighted by Crippen LogP contribution is 2.23. The number of aliphatic hydroxyl groups excluding tert-OH is 1. The number of aliphatic hydroxyl groups is 1. The highest BCUT2D eigenvalue weighted by molar-refractivity contribution is 5.98. The van der Waals surface area contributed by atoms with Gasteiger partial charge in [-0.1, -0.05) is 51.1 Å². The molecule has 1 aliphatic heterocycles. The van der Waals surface area contributed by atoms with Gasteiger partial charge >= 0.3 is 5.97 Å². The Morgan fingerprint density at radius 2 is 1.82 bits per heavy atom. The molecule has 1 aliphatic rings. The number of esters is 1. The van der Waals surface area contributed by atoms with Crippen molar-refractivity contribution < 1.29 is 34.1 Å². The van der Waals surface area contributed by atoms with E-state index < -0.39 is 53.9 Å². The van der Waals surface area contributed by atoms with Crippen molar-refractivity contribution in [3.63, 3.8) is 0 Å². The summed E-state index contributed by atoms with van der Waals surface area (Å²) in [5, 5.41) is 26.7. The third kappa shape index (κ3) is 7.86. The highest BCUT2D eigenvalue weighted by atomic mass is 16.5. The van der Waals surface area contributed by atoms with Gasteiger partial charge in [0.2, 0.25) is 5.91 Å². The first-order valence-corrected chi connectivity index (χ1v) is 13.2. The van der Waals surface area contributed by atoms with Gasteiger partial charge in [-0.25, -0.2) is 4.98 Å². The number of aromatic hydroxyl groups is 1. The standard InChI is InChI=1S/C29H37N3O7/c1-16(2)13-23-22(34)14-17(3)24(32-28(37)25-21(33)11-8-12-30-25)27(36)31-20(15-19-9-6-5-7-10-19)26(35)18(4)29(38)39-23/h5-12,16-18,20,23-24,26,33,35H,13-15H2,1-4H3,(H,31,36)(H,32,37)/t17-,18+,20-,23?,24-,26-/m0/s1. The van der Waals surface area contributed by atoms with Crippen LogP contribution in [0.3, 0.4) is 0 Å². The molecule has 10 nitrogen and oxygen atoms in total. The van der Waals surface area contributed by atoms with E-state index in [1.165, 1.54) is 25.3 Å². The Bertz CT molecular complexity index is 1170. The number of pyridine rings is 1. The zero-order chi connectivity index (χ0) is 28.7. The first-order chi connectivity index (χ1) is 18.5. The number of nitrogens with zero attached hydrogens (tertiary/aromatic N) is 1. The molecule has 210 valence electrons. The summed E-state index contributed by atoms with van der Waals surface area (Å²) in [6.45, 7) is 6.91. The molecule has 1 aromatic carbocycles. The molecule has 1 saturated heterocycles. The summed E-state index contributed by atoms with van der Waals surface area (Å²) >= 11 is 0. The number of ether oxygens (including phenoxy) is 1. The van der Waals surface area contributed by atoms with Crippen LogP contribution in [0, 0.1) is 17.8 Å². The quantitative estimate of drug-likeness (QED) is 0.407. The average Bonchev–Trinajstić information content (AvgIpc) is 2.89. The van der Waals surface area contributed by atoms with Crippen molar-refractivity contribution in [2.24, 2.45) is 17.8 Å². The number of Topliss-reactive ketones (excluding diaryl/α,β-unsaturated/α-hetero) is 1. The van der Waals surface area contributed by atoms with Crippen LogP contribution in [-0.4, -0.2) is 63.1 Å². The number of rotatable bonds is 6. The lowest BCUT2D eigenvalue weighted by molar-refractivity contribution is -0.164. The summed E-state index contributed by atoms with van der Waals surface area (Å²) in [5.41, 5.74) is 0.547. The number of ketones is 1. The van der Waals surface area contributed by atoms with Gasteiger partial charge < -0.3 is 25.6 Å². The fourth-order valence-corrected chi connectivity index (χ4v) is 4.62. The van der Waals surface area contributed by atoms with Crippen LogP contribution < -0.4 is 10.6 Å². The predicted octanol–water partition coefficient (Wildman–Crippen LogP) is 2.18. The number of amides is 2. The molecular weight excluding hydrogens is 502 g/mol. The molecule has 10 heteroatoms. The molecule has 0 bridgehead atoms. The van der Waals surface area contributed by atoms with Gasteiger partial charge in [0, 0.05) is 12.6 Å². The first-order valence-electron chi connectivity index (χ1n) is 13.2. The summed E-state index contributed by atoms with van der Waals surface area (Å²) in [4.78, 5) is 56.8. The molecule has 0 saturated carbocycles. The van der Waals surface area contributed by atoms with Crippen LogP contribution in [-0.2, 0) is 25.5 Å². The fourth-order valence-electron chi connectivity index (χ4n) is 4.62. The first kappa shape index (κ1) is 29.8. The maximum Gasteiger partial charge on any atom is 0.312 e. The minimum Gasteiger partial charge on any atom is -0.505 e. The monoisotopic (exact) mass is 539 g/mol. The number of carbonyl (C=O) groups is 4. The number of nitrogens with one attached hydrogen (secondary N) is 2. The van der Waals surface area contributed by atoms with E-state index in [0.29, 0.717) is 0 Å². The smallest absolute Gasteiger partial charge is 0.312 e. The van der Waals surface area contributed by atoms with Gasteiger partial charge in [0.05, 0.1) is 18.1 Å². The second-order valence-electron chi connectivity index (χ2n) is 10.6. The second kappa shape index (κ2) is 13.3. The SMILES string of the molecule is CC(C)CC1OC(=O)[C@H](C)[C@H](O)[C@H](Cc2ccccc2)NC(=O)[C@@H](NC(=O)c2ncccc2O)[C@@H](C)CC1=O. The molecular formula is C29H37N3O7. The molecule has 0 aliphatic carbocycles. The van der Waals surface area contributed by atoms with Crippen LogP contribution in [0.25, 0.3) is 0 Å². The third-order valence-corrected chi connectivity index (χ3v) is 6.89. The fraction of sp³-hybridized carbons (Fsp3) is 0.483. The number of cyclic esters (lactones) is 1. The molecule has 1 unspecified atom stereocenters. The number of hydrogen-bond donors (Lipinski definition) is 4. The zero-order valence-electron chi connectivity index (χ0n) is 22.7. The molecule has 0 spiro atoms. The van der Waals surface area contributed by atoms with Gasteiger partial charge in [0.15, 0.2) is 17.6 Å². The molecule has 2 amide bonds. The van der Waals surface area contributed by atoms with Crippen molar-refractivity contribution in [3.8, 4) is 5.75 Å². The van der Waals surface area contributed by atoms with E-state index in [9.17, 15) is 29.4 Å². The van der Waals surface area contributed by atoms with Crippen LogP contribution in [0.2, 0.25) is 0 Å². The van der Waals surface area contributed by atoms with Gasteiger partial charge in [-0.05, 0) is 49.3 Å². The summed E-state index contributed by atoms with van der Waals surface area (Å²) in [7, 11) is 0. The van der Waals surface area contributed by atoms with Crippen LogP contribution in [0.4, 0.5) is 0 Å². The summed E-state index contributed by atoms with van der Waals surface area (Å²) in [6, 6.07) is 9.80. The van der Waals surface area contributed by atoms with E-state index in [0.717, 1.165) is 5.56 Å².